The van der Waals surface area contributed by atoms with Crippen molar-refractivity contribution in [3.63, 3.8) is 0 Å². The quantitative estimate of drug-likeness (QED) is 0.573. The maximum atomic E-state index is 12.3. The monoisotopic (exact) mass is 376 g/mol. The van der Waals surface area contributed by atoms with Crippen LogP contribution < -0.4 is 11.1 Å². The summed E-state index contributed by atoms with van der Waals surface area (Å²) in [4.78, 5) is 13.1. The number of benzene rings is 3. The summed E-state index contributed by atoms with van der Waals surface area (Å²) < 4.78 is 5.55. The van der Waals surface area contributed by atoms with E-state index in [0.29, 0.717) is 12.2 Å². The number of nitrogens with one attached hydrogen (secondary N) is 1. The molecule has 27 heavy (non-hydrogen) atoms. The summed E-state index contributed by atoms with van der Waals surface area (Å²) in [5.41, 5.74) is 12.0. The lowest BCUT2D eigenvalue weighted by atomic mass is 9.98. The Hall–Kier alpha value is -2.76. The number of anilines is 1. The van der Waals surface area contributed by atoms with Crippen molar-refractivity contribution in [2.75, 3.05) is 11.9 Å². The summed E-state index contributed by atoms with van der Waals surface area (Å²) in [5.74, 6) is 0.0407. The number of amides is 1. The van der Waals surface area contributed by atoms with E-state index in [1.165, 1.54) is 22.3 Å². The Labute approximate surface area is 163 Å². The Balaban J connectivity index is 1.49. The van der Waals surface area contributed by atoms with Crippen LogP contribution in [0, 0.1) is 0 Å². The minimum Gasteiger partial charge on any atom is -0.448 e. The Morgan fingerprint density at radius 2 is 1.63 bits per heavy atom. The highest BCUT2D eigenvalue weighted by molar-refractivity contribution is 7.80. The number of fused-ring (bicyclic) bond motifs is 3. The molecule has 0 radical (unpaired) electrons. The Morgan fingerprint density at radius 3 is 2.26 bits per heavy atom. The number of carbonyl (C=O) groups is 1. The van der Waals surface area contributed by atoms with Crippen LogP contribution in [-0.4, -0.2) is 12.7 Å². The minimum atomic E-state index is -0.487. The van der Waals surface area contributed by atoms with Gasteiger partial charge in [-0.1, -0.05) is 48.5 Å². The number of nitrogens with two attached hydrogens (primary N) is 1. The zero-order valence-corrected chi connectivity index (χ0v) is 15.6. The van der Waals surface area contributed by atoms with Crippen molar-refractivity contribution in [3.05, 3.63) is 83.4 Å². The van der Waals surface area contributed by atoms with Crippen LogP contribution in [0.25, 0.3) is 11.1 Å². The average molecular weight is 376 g/mol. The summed E-state index contributed by atoms with van der Waals surface area (Å²) in [6.07, 6.45) is -0.487. The number of thiol groups is 1. The molecule has 136 valence electrons. The van der Waals surface area contributed by atoms with Gasteiger partial charge < -0.3 is 10.5 Å². The van der Waals surface area contributed by atoms with Gasteiger partial charge in [-0.15, -0.1) is 12.6 Å². The molecule has 0 unspecified atom stereocenters. The van der Waals surface area contributed by atoms with E-state index in [-0.39, 0.29) is 12.5 Å². The van der Waals surface area contributed by atoms with Crippen molar-refractivity contribution in [1.29, 1.82) is 0 Å². The van der Waals surface area contributed by atoms with Crippen LogP contribution in [0.5, 0.6) is 0 Å². The van der Waals surface area contributed by atoms with Gasteiger partial charge in [0, 0.05) is 23.0 Å². The van der Waals surface area contributed by atoms with Crippen molar-refractivity contribution >= 4 is 24.4 Å². The summed E-state index contributed by atoms with van der Waals surface area (Å²) in [5, 5.41) is 2.76. The molecular formula is C22H20N2O2S. The standard InChI is InChI=1S/C22H20N2O2S/c23-12-14-9-15(11-16(27)10-14)24-22(25)26-13-21-19-7-3-1-5-17(19)18-6-2-4-8-20(18)21/h1-11,21,27H,12-13,23H2,(H,24,25). The largest absolute Gasteiger partial charge is 0.448 e. The van der Waals surface area contributed by atoms with Gasteiger partial charge in [0.15, 0.2) is 0 Å². The van der Waals surface area contributed by atoms with E-state index >= 15 is 0 Å². The maximum absolute atomic E-state index is 12.3. The third kappa shape index (κ3) is 3.56. The molecule has 0 bridgehead atoms. The van der Waals surface area contributed by atoms with E-state index in [2.05, 4.69) is 42.2 Å². The normalized spacial score (nSPS) is 12.4. The molecule has 0 fully saturated rings. The third-order valence-electron chi connectivity index (χ3n) is 4.80. The van der Waals surface area contributed by atoms with Gasteiger partial charge in [0.05, 0.1) is 0 Å². The van der Waals surface area contributed by atoms with Crippen molar-refractivity contribution in [1.82, 2.24) is 0 Å². The molecule has 3 aromatic carbocycles. The number of hydrogen-bond acceptors (Lipinski definition) is 4. The first kappa shape index (κ1) is 17.6. The molecule has 0 aromatic heterocycles. The van der Waals surface area contributed by atoms with E-state index in [1.807, 2.05) is 36.4 Å². The second-order valence-corrected chi connectivity index (χ2v) is 7.06. The van der Waals surface area contributed by atoms with Crippen LogP contribution in [0.4, 0.5) is 10.5 Å². The van der Waals surface area contributed by atoms with Crippen molar-refractivity contribution in [2.45, 2.75) is 17.4 Å². The molecule has 3 aromatic rings. The molecule has 1 aliphatic carbocycles. The molecule has 5 heteroatoms. The smallest absolute Gasteiger partial charge is 0.411 e. The fourth-order valence-corrected chi connectivity index (χ4v) is 3.92. The van der Waals surface area contributed by atoms with Crippen LogP contribution in [0.3, 0.4) is 0 Å². The second-order valence-electron chi connectivity index (χ2n) is 6.54. The first-order valence-corrected chi connectivity index (χ1v) is 9.25. The van der Waals surface area contributed by atoms with Crippen LogP contribution >= 0.6 is 12.6 Å². The predicted octanol–water partition coefficient (Wildman–Crippen LogP) is 4.80. The average Bonchev–Trinajstić information content (AvgIpc) is 3.00. The minimum absolute atomic E-state index is 0.0407. The van der Waals surface area contributed by atoms with Gasteiger partial charge in [-0.2, -0.15) is 0 Å². The Kier molecular flexibility index (Phi) is 4.88. The van der Waals surface area contributed by atoms with Gasteiger partial charge in [-0.25, -0.2) is 4.79 Å². The lowest BCUT2D eigenvalue weighted by molar-refractivity contribution is 0.158. The maximum Gasteiger partial charge on any atom is 0.411 e. The lowest BCUT2D eigenvalue weighted by Gasteiger charge is -2.15. The first-order valence-electron chi connectivity index (χ1n) is 8.80. The van der Waals surface area contributed by atoms with E-state index in [1.54, 1.807) is 6.07 Å². The van der Waals surface area contributed by atoms with Crippen molar-refractivity contribution in [2.24, 2.45) is 5.73 Å². The van der Waals surface area contributed by atoms with Gasteiger partial charge in [0.1, 0.15) is 6.61 Å². The second kappa shape index (κ2) is 7.47. The highest BCUT2D eigenvalue weighted by atomic mass is 32.1. The van der Waals surface area contributed by atoms with Gasteiger partial charge in [-0.05, 0) is 46.0 Å². The fraction of sp³-hybridized carbons (Fsp3) is 0.136. The van der Waals surface area contributed by atoms with Crippen LogP contribution in [0.1, 0.15) is 22.6 Å². The SMILES string of the molecule is NCc1cc(S)cc(NC(=O)OCC2c3ccccc3-c3ccccc32)c1. The molecule has 0 spiro atoms. The number of carbonyl (C=O) groups excluding carboxylic acids is 1. The zero-order valence-electron chi connectivity index (χ0n) is 14.7. The van der Waals surface area contributed by atoms with Crippen LogP contribution in [0.2, 0.25) is 0 Å². The predicted molar refractivity (Wildman–Crippen MR) is 110 cm³/mol. The van der Waals surface area contributed by atoms with Gasteiger partial charge in [-0.3, -0.25) is 5.32 Å². The topological polar surface area (TPSA) is 64.3 Å². The Bertz CT molecular complexity index is 958. The van der Waals surface area contributed by atoms with Crippen LogP contribution in [-0.2, 0) is 11.3 Å². The molecule has 1 amide bonds. The number of hydrogen-bond donors (Lipinski definition) is 3. The molecule has 0 atom stereocenters. The summed E-state index contributed by atoms with van der Waals surface area (Å²) in [6, 6.07) is 22.0. The van der Waals surface area contributed by atoms with Crippen LogP contribution in [0.15, 0.2) is 71.6 Å². The zero-order chi connectivity index (χ0) is 18.8. The summed E-state index contributed by atoms with van der Waals surface area (Å²) >= 11 is 4.34. The van der Waals surface area contributed by atoms with E-state index in [9.17, 15) is 4.79 Å². The number of ether oxygens (including phenoxy) is 1. The van der Waals surface area contributed by atoms with Crippen molar-refractivity contribution in [3.8, 4) is 11.1 Å². The molecule has 0 saturated carbocycles. The fourth-order valence-electron chi connectivity index (χ4n) is 3.62. The highest BCUT2D eigenvalue weighted by Gasteiger charge is 2.28. The van der Waals surface area contributed by atoms with E-state index < -0.39 is 6.09 Å². The summed E-state index contributed by atoms with van der Waals surface area (Å²) in [7, 11) is 0. The molecule has 1 aliphatic rings. The van der Waals surface area contributed by atoms with Gasteiger partial charge >= 0.3 is 6.09 Å². The molecule has 3 N–H and O–H groups in total. The van der Waals surface area contributed by atoms with Crippen molar-refractivity contribution < 1.29 is 9.53 Å². The number of rotatable bonds is 4. The Morgan fingerprint density at radius 1 is 1.00 bits per heavy atom. The molecular weight excluding hydrogens is 356 g/mol. The van der Waals surface area contributed by atoms with E-state index in [0.717, 1.165) is 10.5 Å². The first-order chi connectivity index (χ1) is 13.2. The highest BCUT2D eigenvalue weighted by Crippen LogP contribution is 2.44. The molecule has 0 heterocycles. The van der Waals surface area contributed by atoms with E-state index in [4.69, 9.17) is 10.5 Å². The molecule has 4 nitrogen and oxygen atoms in total. The van der Waals surface area contributed by atoms with Gasteiger partial charge in [0.2, 0.25) is 0 Å². The molecule has 0 aliphatic heterocycles. The third-order valence-corrected chi connectivity index (χ3v) is 5.06. The lowest BCUT2D eigenvalue weighted by Crippen LogP contribution is -2.18. The van der Waals surface area contributed by atoms with Gasteiger partial charge in [0.25, 0.3) is 0 Å². The molecule has 4 rings (SSSR count). The molecule has 0 saturated heterocycles. The summed E-state index contributed by atoms with van der Waals surface area (Å²) in [6.45, 7) is 0.665.